The zero-order valence-corrected chi connectivity index (χ0v) is 11.2. The van der Waals surface area contributed by atoms with E-state index in [1.54, 1.807) is 12.1 Å². The van der Waals surface area contributed by atoms with Crippen molar-refractivity contribution < 1.29 is 13.2 Å². The number of hydrogen-bond donors (Lipinski definition) is 1. The van der Waals surface area contributed by atoms with Crippen molar-refractivity contribution in [2.75, 3.05) is 11.9 Å². The SMILES string of the molecule is CCNc1nc(-c2cccc(C(F)(F)F)c2)ccc1C#N. The highest BCUT2D eigenvalue weighted by molar-refractivity contribution is 5.65. The first kappa shape index (κ1) is 14.9. The smallest absolute Gasteiger partial charge is 0.369 e. The third kappa shape index (κ3) is 3.31. The van der Waals surface area contributed by atoms with Gasteiger partial charge in [0.2, 0.25) is 0 Å². The second kappa shape index (κ2) is 5.83. The van der Waals surface area contributed by atoms with E-state index in [-0.39, 0.29) is 0 Å². The monoisotopic (exact) mass is 291 g/mol. The summed E-state index contributed by atoms with van der Waals surface area (Å²) in [6, 6.07) is 10.0. The van der Waals surface area contributed by atoms with Gasteiger partial charge in [-0.15, -0.1) is 0 Å². The standard InChI is InChI=1S/C15H12F3N3/c1-2-20-14-11(9-19)6-7-13(21-14)10-4-3-5-12(8-10)15(16,17)18/h3-8H,2H2,1H3,(H,20,21). The van der Waals surface area contributed by atoms with E-state index in [9.17, 15) is 13.2 Å². The van der Waals surface area contributed by atoms with Crippen LogP contribution in [0, 0.1) is 11.3 Å². The summed E-state index contributed by atoms with van der Waals surface area (Å²) in [4.78, 5) is 4.23. The molecule has 0 radical (unpaired) electrons. The second-order valence-electron chi connectivity index (χ2n) is 4.31. The molecular formula is C15H12F3N3. The Morgan fingerprint density at radius 1 is 1.24 bits per heavy atom. The zero-order valence-electron chi connectivity index (χ0n) is 11.2. The normalized spacial score (nSPS) is 11.0. The number of pyridine rings is 1. The van der Waals surface area contributed by atoms with Crippen LogP contribution in [0.4, 0.5) is 19.0 Å². The molecule has 2 aromatic rings. The highest BCUT2D eigenvalue weighted by Crippen LogP contribution is 2.32. The molecule has 21 heavy (non-hydrogen) atoms. The number of nitriles is 1. The molecule has 0 atom stereocenters. The molecule has 0 aliphatic rings. The molecule has 0 saturated carbocycles. The van der Waals surface area contributed by atoms with Crippen LogP contribution in [0.15, 0.2) is 36.4 Å². The molecule has 1 aromatic heterocycles. The lowest BCUT2D eigenvalue weighted by molar-refractivity contribution is -0.137. The van der Waals surface area contributed by atoms with Crippen LogP contribution in [0.1, 0.15) is 18.1 Å². The van der Waals surface area contributed by atoms with Crippen LogP contribution in [0.2, 0.25) is 0 Å². The van der Waals surface area contributed by atoms with Crippen LogP contribution < -0.4 is 5.32 Å². The number of hydrogen-bond acceptors (Lipinski definition) is 3. The predicted octanol–water partition coefficient (Wildman–Crippen LogP) is 4.07. The lowest BCUT2D eigenvalue weighted by atomic mass is 10.1. The summed E-state index contributed by atoms with van der Waals surface area (Å²) in [6.45, 7) is 2.41. The molecule has 108 valence electrons. The Kier molecular flexibility index (Phi) is 4.13. The highest BCUT2D eigenvalue weighted by atomic mass is 19.4. The molecule has 0 bridgehead atoms. The molecule has 0 spiro atoms. The Bertz CT molecular complexity index is 687. The summed E-state index contributed by atoms with van der Waals surface area (Å²) in [5.74, 6) is 0.370. The Hall–Kier alpha value is -2.55. The van der Waals surface area contributed by atoms with Gasteiger partial charge in [-0.05, 0) is 31.2 Å². The van der Waals surface area contributed by atoms with Crippen molar-refractivity contribution in [1.82, 2.24) is 4.98 Å². The Labute approximate surface area is 120 Å². The van der Waals surface area contributed by atoms with Gasteiger partial charge in [-0.25, -0.2) is 4.98 Å². The van der Waals surface area contributed by atoms with Crippen LogP contribution in [-0.2, 0) is 6.18 Å². The molecule has 3 nitrogen and oxygen atoms in total. The highest BCUT2D eigenvalue weighted by Gasteiger charge is 2.30. The van der Waals surface area contributed by atoms with Crippen molar-refractivity contribution >= 4 is 5.82 Å². The minimum Gasteiger partial charge on any atom is -0.369 e. The largest absolute Gasteiger partial charge is 0.416 e. The first-order valence-electron chi connectivity index (χ1n) is 6.28. The van der Waals surface area contributed by atoms with Gasteiger partial charge in [0.05, 0.1) is 16.8 Å². The van der Waals surface area contributed by atoms with Crippen LogP contribution in [-0.4, -0.2) is 11.5 Å². The number of nitrogens with zero attached hydrogens (tertiary/aromatic N) is 2. The molecule has 2 rings (SSSR count). The molecule has 0 amide bonds. The van der Waals surface area contributed by atoms with Gasteiger partial charge in [0.15, 0.2) is 0 Å². The zero-order chi connectivity index (χ0) is 15.5. The molecule has 1 N–H and O–H groups in total. The third-order valence-corrected chi connectivity index (χ3v) is 2.85. The fourth-order valence-electron chi connectivity index (χ4n) is 1.87. The van der Waals surface area contributed by atoms with E-state index in [1.807, 2.05) is 13.0 Å². The van der Waals surface area contributed by atoms with Gasteiger partial charge in [0.25, 0.3) is 0 Å². The number of halogens is 3. The average molecular weight is 291 g/mol. The average Bonchev–Trinajstić information content (AvgIpc) is 2.47. The van der Waals surface area contributed by atoms with Gasteiger partial charge >= 0.3 is 6.18 Å². The molecule has 0 fully saturated rings. The summed E-state index contributed by atoms with van der Waals surface area (Å²) in [5, 5.41) is 11.9. The van der Waals surface area contributed by atoms with E-state index in [0.717, 1.165) is 12.1 Å². The summed E-state index contributed by atoms with van der Waals surface area (Å²) in [5.41, 5.74) is 0.369. The van der Waals surface area contributed by atoms with E-state index in [0.29, 0.717) is 29.2 Å². The van der Waals surface area contributed by atoms with Crippen LogP contribution >= 0.6 is 0 Å². The molecule has 0 unspecified atom stereocenters. The summed E-state index contributed by atoms with van der Waals surface area (Å²) >= 11 is 0. The van der Waals surface area contributed by atoms with Crippen LogP contribution in [0.25, 0.3) is 11.3 Å². The maximum Gasteiger partial charge on any atom is 0.416 e. The predicted molar refractivity (Wildman–Crippen MR) is 73.6 cm³/mol. The van der Waals surface area contributed by atoms with Crippen molar-refractivity contribution in [1.29, 1.82) is 5.26 Å². The Balaban J connectivity index is 2.48. The maximum absolute atomic E-state index is 12.7. The Morgan fingerprint density at radius 3 is 2.62 bits per heavy atom. The fraction of sp³-hybridized carbons (Fsp3) is 0.200. The number of nitrogens with one attached hydrogen (secondary N) is 1. The van der Waals surface area contributed by atoms with Gasteiger partial charge in [-0.1, -0.05) is 12.1 Å². The quantitative estimate of drug-likeness (QED) is 0.927. The summed E-state index contributed by atoms with van der Waals surface area (Å²) in [7, 11) is 0. The molecule has 6 heteroatoms. The van der Waals surface area contributed by atoms with Gasteiger partial charge < -0.3 is 5.32 Å². The first-order chi connectivity index (χ1) is 9.95. The second-order valence-corrected chi connectivity index (χ2v) is 4.31. The van der Waals surface area contributed by atoms with Crippen molar-refractivity contribution in [2.24, 2.45) is 0 Å². The van der Waals surface area contributed by atoms with Crippen molar-refractivity contribution in [3.05, 3.63) is 47.5 Å². The Morgan fingerprint density at radius 2 is 2.00 bits per heavy atom. The lowest BCUT2D eigenvalue weighted by Crippen LogP contribution is -2.05. The van der Waals surface area contributed by atoms with Crippen molar-refractivity contribution in [3.8, 4) is 17.3 Å². The molecule has 1 heterocycles. The first-order valence-corrected chi connectivity index (χ1v) is 6.28. The number of alkyl halides is 3. The number of benzene rings is 1. The van der Waals surface area contributed by atoms with E-state index in [1.165, 1.54) is 12.1 Å². The number of rotatable bonds is 3. The van der Waals surface area contributed by atoms with Crippen molar-refractivity contribution in [2.45, 2.75) is 13.1 Å². The van der Waals surface area contributed by atoms with Crippen LogP contribution in [0.3, 0.4) is 0 Å². The summed E-state index contributed by atoms with van der Waals surface area (Å²) < 4.78 is 38.2. The fourth-order valence-corrected chi connectivity index (χ4v) is 1.87. The van der Waals surface area contributed by atoms with E-state index in [2.05, 4.69) is 10.3 Å². The van der Waals surface area contributed by atoms with E-state index < -0.39 is 11.7 Å². The summed E-state index contributed by atoms with van der Waals surface area (Å²) in [6.07, 6.45) is -4.40. The van der Waals surface area contributed by atoms with E-state index >= 15 is 0 Å². The van der Waals surface area contributed by atoms with Gasteiger partial charge in [-0.2, -0.15) is 18.4 Å². The van der Waals surface area contributed by atoms with Gasteiger partial charge in [-0.3, -0.25) is 0 Å². The molecule has 0 aliphatic heterocycles. The molecule has 1 aromatic carbocycles. The lowest BCUT2D eigenvalue weighted by Gasteiger charge is -2.10. The topological polar surface area (TPSA) is 48.7 Å². The molecule has 0 saturated heterocycles. The number of aromatic nitrogens is 1. The van der Waals surface area contributed by atoms with Gasteiger partial charge in [0.1, 0.15) is 11.9 Å². The minimum absolute atomic E-state index is 0.354. The molecular weight excluding hydrogens is 279 g/mol. The van der Waals surface area contributed by atoms with Crippen LogP contribution in [0.5, 0.6) is 0 Å². The maximum atomic E-state index is 12.7. The van der Waals surface area contributed by atoms with Gasteiger partial charge in [0, 0.05) is 12.1 Å². The third-order valence-electron chi connectivity index (χ3n) is 2.85. The van der Waals surface area contributed by atoms with E-state index in [4.69, 9.17) is 5.26 Å². The number of anilines is 1. The molecule has 0 aliphatic carbocycles. The van der Waals surface area contributed by atoms with Crippen molar-refractivity contribution in [3.63, 3.8) is 0 Å². The minimum atomic E-state index is -4.40.